The molecule has 3 aromatic rings. The Labute approximate surface area is 161 Å². The van der Waals surface area contributed by atoms with Gasteiger partial charge in [-0.3, -0.25) is 14.1 Å². The standard InChI is InChI=1S/C18H17NO4.Na.H/c1-19(2,3)12-7-8-13-15(10-12)23-18-11(9-16(20)21)5-4-6-14(18)17(13)22;;/h4-8,10H,9H2,1-3H3;;/p+1. The number of para-hydroxylation sites is 1. The summed E-state index contributed by atoms with van der Waals surface area (Å²) in [5.41, 5.74) is 2.19. The van der Waals surface area contributed by atoms with Crippen LogP contribution in [0.25, 0.3) is 21.9 Å². The van der Waals surface area contributed by atoms with Crippen molar-refractivity contribution in [2.45, 2.75) is 6.42 Å². The molecule has 1 N–H and O–H groups in total. The zero-order valence-corrected chi connectivity index (χ0v) is 13.3. The monoisotopic (exact) mass is 336 g/mol. The van der Waals surface area contributed by atoms with E-state index < -0.39 is 5.97 Å². The number of fused-ring (bicyclic) bond motifs is 2. The molecule has 0 unspecified atom stereocenters. The third-order valence-electron chi connectivity index (χ3n) is 3.88. The number of hydrogen-bond donors (Lipinski definition) is 1. The van der Waals surface area contributed by atoms with Crippen LogP contribution in [0.3, 0.4) is 0 Å². The van der Waals surface area contributed by atoms with E-state index in [4.69, 9.17) is 9.52 Å². The Balaban J connectivity index is 0.00000208. The van der Waals surface area contributed by atoms with Crippen molar-refractivity contribution in [3.05, 3.63) is 52.2 Å². The normalized spacial score (nSPS) is 11.5. The molecule has 0 spiro atoms. The summed E-state index contributed by atoms with van der Waals surface area (Å²) in [6.45, 7) is 0. The van der Waals surface area contributed by atoms with Crippen LogP contribution in [0.15, 0.2) is 45.6 Å². The van der Waals surface area contributed by atoms with Crippen LogP contribution in [-0.2, 0) is 11.2 Å². The fourth-order valence-corrected chi connectivity index (χ4v) is 2.64. The van der Waals surface area contributed by atoms with Crippen LogP contribution in [0.4, 0.5) is 5.69 Å². The van der Waals surface area contributed by atoms with Crippen molar-refractivity contribution in [3.8, 4) is 0 Å². The van der Waals surface area contributed by atoms with Crippen LogP contribution in [0.1, 0.15) is 5.56 Å². The fourth-order valence-electron chi connectivity index (χ4n) is 2.64. The van der Waals surface area contributed by atoms with Gasteiger partial charge >= 0.3 is 35.5 Å². The molecule has 24 heavy (non-hydrogen) atoms. The number of carbonyl (C=O) groups is 1. The Morgan fingerprint density at radius 1 is 1.12 bits per heavy atom. The molecular formula is C18H19NNaO4+. The number of carboxylic acid groups (broad SMARTS) is 1. The van der Waals surface area contributed by atoms with E-state index in [1.165, 1.54) is 0 Å². The third kappa shape index (κ3) is 3.39. The molecule has 6 heteroatoms. The second-order valence-electron chi connectivity index (χ2n) is 6.49. The Morgan fingerprint density at radius 3 is 2.46 bits per heavy atom. The average molecular weight is 336 g/mol. The van der Waals surface area contributed by atoms with E-state index in [2.05, 4.69) is 0 Å². The van der Waals surface area contributed by atoms with Gasteiger partial charge in [-0.05, 0) is 12.1 Å². The Hall–Kier alpha value is -1.66. The molecule has 0 saturated carbocycles. The van der Waals surface area contributed by atoms with Gasteiger partial charge in [0.2, 0.25) is 5.43 Å². The van der Waals surface area contributed by atoms with E-state index in [9.17, 15) is 9.59 Å². The van der Waals surface area contributed by atoms with Crippen LogP contribution in [0.5, 0.6) is 0 Å². The molecule has 0 radical (unpaired) electrons. The average Bonchev–Trinajstić information content (AvgIpc) is 2.46. The molecule has 5 nitrogen and oxygen atoms in total. The zero-order chi connectivity index (χ0) is 16.8. The molecule has 0 aliphatic carbocycles. The van der Waals surface area contributed by atoms with Crippen molar-refractivity contribution in [2.24, 2.45) is 0 Å². The topological polar surface area (TPSA) is 67.5 Å². The molecular weight excluding hydrogens is 317 g/mol. The molecule has 0 saturated heterocycles. The first-order valence-electron chi connectivity index (χ1n) is 7.29. The van der Waals surface area contributed by atoms with Crippen molar-refractivity contribution in [3.63, 3.8) is 0 Å². The summed E-state index contributed by atoms with van der Waals surface area (Å²) in [4.78, 5) is 23.7. The van der Waals surface area contributed by atoms with Gasteiger partial charge in [-0.1, -0.05) is 12.1 Å². The van der Waals surface area contributed by atoms with Crippen molar-refractivity contribution >= 4 is 63.2 Å². The minimum absolute atomic E-state index is 0. The Morgan fingerprint density at radius 2 is 1.83 bits per heavy atom. The first kappa shape index (κ1) is 18.7. The number of quaternary nitrogens is 1. The number of carboxylic acids is 1. The van der Waals surface area contributed by atoms with Crippen LogP contribution in [0.2, 0.25) is 0 Å². The van der Waals surface area contributed by atoms with Gasteiger partial charge in [0.25, 0.3) is 0 Å². The van der Waals surface area contributed by atoms with Gasteiger partial charge in [-0.15, -0.1) is 0 Å². The second kappa shape index (κ2) is 6.69. The summed E-state index contributed by atoms with van der Waals surface area (Å²) in [7, 11) is 6.07. The first-order valence-corrected chi connectivity index (χ1v) is 7.29. The molecule has 3 rings (SSSR count). The van der Waals surface area contributed by atoms with E-state index in [0.717, 1.165) is 5.69 Å². The van der Waals surface area contributed by atoms with E-state index in [1.54, 1.807) is 24.3 Å². The predicted molar refractivity (Wildman–Crippen MR) is 98.0 cm³/mol. The summed E-state index contributed by atoms with van der Waals surface area (Å²) >= 11 is 0. The first-order chi connectivity index (χ1) is 10.8. The van der Waals surface area contributed by atoms with E-state index in [0.29, 0.717) is 32.0 Å². The minimum atomic E-state index is -0.958. The summed E-state index contributed by atoms with van der Waals surface area (Å²) in [5, 5.41) is 9.95. The molecule has 0 amide bonds. The molecule has 0 fully saturated rings. The van der Waals surface area contributed by atoms with E-state index in [1.807, 2.05) is 33.3 Å². The fraction of sp³-hybridized carbons (Fsp3) is 0.222. The van der Waals surface area contributed by atoms with Gasteiger partial charge < -0.3 is 9.52 Å². The molecule has 120 valence electrons. The molecule has 1 aromatic heterocycles. The van der Waals surface area contributed by atoms with Gasteiger partial charge in [0.15, 0.2) is 0 Å². The number of benzene rings is 2. The number of aliphatic carboxylic acids is 1. The Bertz CT molecular complexity index is 986. The predicted octanol–water partition coefficient (Wildman–Crippen LogP) is 2.12. The molecule has 2 aromatic carbocycles. The summed E-state index contributed by atoms with van der Waals surface area (Å²) in [6, 6.07) is 10.5. The SMILES string of the molecule is C[N+](C)(C)c1ccc2c(=O)c3cccc(CC(=O)O)c3oc2c1.[NaH]. The number of nitrogens with zero attached hydrogens (tertiary/aromatic N) is 1. The molecule has 1 heterocycles. The van der Waals surface area contributed by atoms with E-state index >= 15 is 0 Å². The summed E-state index contributed by atoms with van der Waals surface area (Å²) in [6.07, 6.45) is -0.180. The maximum atomic E-state index is 12.7. The molecule has 0 aliphatic heterocycles. The van der Waals surface area contributed by atoms with E-state index in [-0.39, 0.29) is 41.4 Å². The molecule has 0 atom stereocenters. The number of rotatable bonds is 3. The van der Waals surface area contributed by atoms with Crippen molar-refractivity contribution in [1.82, 2.24) is 4.48 Å². The van der Waals surface area contributed by atoms with Gasteiger partial charge in [-0.25, -0.2) is 0 Å². The number of hydrogen-bond acceptors (Lipinski definition) is 3. The summed E-state index contributed by atoms with van der Waals surface area (Å²) in [5.74, 6) is -0.958. The second-order valence-corrected chi connectivity index (χ2v) is 6.49. The van der Waals surface area contributed by atoms with Crippen LogP contribution in [-0.4, -0.2) is 61.8 Å². The zero-order valence-electron chi connectivity index (χ0n) is 13.3. The molecule has 0 aliphatic rings. The maximum absolute atomic E-state index is 12.7. The quantitative estimate of drug-likeness (QED) is 0.452. The van der Waals surface area contributed by atoms with Gasteiger partial charge in [0.05, 0.1) is 38.3 Å². The van der Waals surface area contributed by atoms with Crippen molar-refractivity contribution in [1.29, 1.82) is 0 Å². The van der Waals surface area contributed by atoms with Gasteiger partial charge in [0.1, 0.15) is 16.9 Å². The van der Waals surface area contributed by atoms with Crippen LogP contribution >= 0.6 is 0 Å². The molecule has 0 bridgehead atoms. The van der Waals surface area contributed by atoms with Crippen LogP contribution < -0.4 is 9.91 Å². The van der Waals surface area contributed by atoms with Gasteiger partial charge in [0, 0.05) is 17.7 Å². The van der Waals surface area contributed by atoms with Crippen molar-refractivity contribution in [2.75, 3.05) is 21.1 Å². The van der Waals surface area contributed by atoms with Crippen molar-refractivity contribution < 1.29 is 14.3 Å². The van der Waals surface area contributed by atoms with Crippen LogP contribution in [0, 0.1) is 0 Å². The van der Waals surface area contributed by atoms with Gasteiger partial charge in [-0.2, -0.15) is 0 Å². The third-order valence-corrected chi connectivity index (χ3v) is 3.88. The summed E-state index contributed by atoms with van der Waals surface area (Å²) < 4.78 is 6.51. The Kier molecular flexibility index (Phi) is 5.20.